The Morgan fingerprint density at radius 3 is 2.20 bits per heavy atom. The second-order valence-corrected chi connectivity index (χ2v) is 19.7. The zero-order chi connectivity index (χ0) is 51.9. The van der Waals surface area contributed by atoms with Crippen LogP contribution in [0.3, 0.4) is 0 Å². The molecule has 71 heavy (non-hydrogen) atoms. The molecule has 0 bridgehead atoms. The van der Waals surface area contributed by atoms with Crippen LogP contribution < -0.4 is 31.9 Å². The number of anilines is 2. The summed E-state index contributed by atoms with van der Waals surface area (Å²) in [5.74, 6) is -3.69. The molecule has 0 saturated carbocycles. The quantitative estimate of drug-likeness (QED) is 0.0490. The van der Waals surface area contributed by atoms with Gasteiger partial charge in [0.25, 0.3) is 0 Å². The van der Waals surface area contributed by atoms with Crippen LogP contribution in [0, 0.1) is 12.8 Å². The molecule has 7 amide bonds. The number of methoxy groups -OCH3 is 1. The van der Waals surface area contributed by atoms with Crippen molar-refractivity contribution in [2.45, 2.75) is 108 Å². The Kier molecular flexibility index (Phi) is 23.4. The second-order valence-electron chi connectivity index (χ2n) is 17.8. The monoisotopic (exact) mass is 1010 g/mol. The number of nitrogens with one attached hydrogen (secondary N) is 6. The van der Waals surface area contributed by atoms with E-state index in [0.29, 0.717) is 62.4 Å². The molecule has 1 aliphatic heterocycles. The number of ether oxygens (including phenoxy) is 2. The summed E-state index contributed by atoms with van der Waals surface area (Å²) in [4.78, 5) is 92.4. The Hall–Kier alpha value is -6.42. The number of carboxylic acid groups (broad SMARTS) is 1. The molecule has 0 unspecified atom stereocenters. The Bertz CT molecular complexity index is 2350. The average molecular weight is 1010 g/mol. The van der Waals surface area contributed by atoms with Crippen LogP contribution in [0.2, 0.25) is 0 Å². The molecule has 1 heterocycles. The molecule has 4 rings (SSSR count). The van der Waals surface area contributed by atoms with Gasteiger partial charge in [-0.15, -0.1) is 0 Å². The van der Waals surface area contributed by atoms with E-state index in [1.54, 1.807) is 43.5 Å². The molecular formula is C50H70N8O12S. The van der Waals surface area contributed by atoms with Crippen molar-refractivity contribution in [2.24, 2.45) is 5.92 Å². The van der Waals surface area contributed by atoms with Crippen molar-refractivity contribution in [3.05, 3.63) is 90.0 Å². The van der Waals surface area contributed by atoms with Gasteiger partial charge in [-0.25, -0.2) is 18.0 Å². The number of benzene rings is 3. The third kappa shape index (κ3) is 19.0. The van der Waals surface area contributed by atoms with Crippen molar-refractivity contribution in [3.63, 3.8) is 0 Å². The maximum absolute atomic E-state index is 13.9. The highest BCUT2D eigenvalue weighted by Gasteiger charge is 2.45. The van der Waals surface area contributed by atoms with Crippen molar-refractivity contribution in [2.75, 3.05) is 64.2 Å². The van der Waals surface area contributed by atoms with E-state index in [1.807, 2.05) is 39.0 Å². The lowest BCUT2D eigenvalue weighted by Crippen LogP contribution is -2.52. The number of carboxylic acids is 1. The number of aliphatic carboxylic acids is 1. The van der Waals surface area contributed by atoms with Crippen molar-refractivity contribution < 1.29 is 56.6 Å². The molecule has 1 saturated heterocycles. The number of nitrogens with zero attached hydrogens (tertiary/aromatic N) is 2. The molecular weight excluding hydrogens is 937 g/mol. The number of hydrogen-bond donors (Lipinski definition) is 7. The zero-order valence-corrected chi connectivity index (χ0v) is 42.1. The Balaban J connectivity index is 1.30. The summed E-state index contributed by atoms with van der Waals surface area (Å²) in [5.41, 5.74) is 2.73. The highest BCUT2D eigenvalue weighted by molar-refractivity contribution is 7.89. The molecule has 388 valence electrons. The van der Waals surface area contributed by atoms with Crippen molar-refractivity contribution >= 4 is 62.9 Å². The molecule has 4 atom stereocenters. The third-order valence-electron chi connectivity index (χ3n) is 11.7. The van der Waals surface area contributed by atoms with Gasteiger partial charge in [0.2, 0.25) is 39.6 Å². The predicted octanol–water partition coefficient (Wildman–Crippen LogP) is 3.81. The number of sulfonamides is 1. The summed E-state index contributed by atoms with van der Waals surface area (Å²) < 4.78 is 39.0. The van der Waals surface area contributed by atoms with Crippen molar-refractivity contribution in [3.8, 4) is 0 Å². The summed E-state index contributed by atoms with van der Waals surface area (Å²) in [5, 5.41) is 26.5. The van der Waals surface area contributed by atoms with Crippen LogP contribution in [0.1, 0.15) is 76.3 Å². The van der Waals surface area contributed by atoms with E-state index in [1.165, 1.54) is 36.2 Å². The topological polar surface area (TPSA) is 271 Å². The van der Waals surface area contributed by atoms with Gasteiger partial charge in [0, 0.05) is 64.0 Å². The van der Waals surface area contributed by atoms with Gasteiger partial charge in [-0.05, 0) is 86.4 Å². The number of hydrogen-bond acceptors (Lipinski definition) is 11. The van der Waals surface area contributed by atoms with E-state index in [2.05, 4.69) is 31.9 Å². The number of urea groups is 1. The number of carbonyl (C=O) groups is 7. The highest BCUT2D eigenvalue weighted by atomic mass is 32.2. The Morgan fingerprint density at radius 2 is 1.52 bits per heavy atom. The summed E-state index contributed by atoms with van der Waals surface area (Å²) in [6, 6.07) is 16.5. The summed E-state index contributed by atoms with van der Waals surface area (Å²) in [6.45, 7) is 6.79. The molecule has 7 N–H and O–H groups in total. The van der Waals surface area contributed by atoms with Crippen molar-refractivity contribution in [1.29, 1.82) is 0 Å². The summed E-state index contributed by atoms with van der Waals surface area (Å²) in [6.07, 6.45) is 1.98. The highest BCUT2D eigenvalue weighted by Crippen LogP contribution is 2.27. The number of amides is 7. The maximum Gasteiger partial charge on any atom is 0.326 e. The lowest BCUT2D eigenvalue weighted by atomic mass is 10.0. The van der Waals surface area contributed by atoms with Gasteiger partial charge in [0.15, 0.2) is 0 Å². The summed E-state index contributed by atoms with van der Waals surface area (Å²) in [7, 11) is -1.20. The zero-order valence-electron chi connectivity index (χ0n) is 41.2. The number of unbranched alkanes of at least 4 members (excludes halogenated alkanes) is 2. The standard InChI is InChI=1S/C50H70N8O12S/c1-34(2)30-42(57(4)46(61)31-36-19-21-37(22-20-36)54-50(66)56-40-17-12-11-14-35(40)3)47(62)52-26-23-41(49(64)65)55-48(63)43-32-38(33-58(43)71(67,68)39-15-8-6-9-16-39)53-45(60)18-10-7-13-25-51-44(59)24-27-70-29-28-69-5/h6,8-9,11-12,14-17,19-22,34,38,41-43H,7,10,13,18,23-33H2,1-5H3,(H,51,59)(H,52,62)(H,53,60)(H,55,63)(H,64,65)(H2,54,56,66)/t38-,41+,42+,43+/m1/s1. The van der Waals surface area contributed by atoms with Crippen LogP contribution in [0.25, 0.3) is 0 Å². The van der Waals surface area contributed by atoms with Gasteiger partial charge in [-0.3, -0.25) is 24.0 Å². The normalized spacial score (nSPS) is 15.5. The number of para-hydroxylation sites is 1. The van der Waals surface area contributed by atoms with Crippen LogP contribution in [0.5, 0.6) is 0 Å². The van der Waals surface area contributed by atoms with E-state index in [9.17, 15) is 47.1 Å². The minimum atomic E-state index is -4.28. The smallest absolute Gasteiger partial charge is 0.326 e. The molecule has 3 aromatic rings. The maximum atomic E-state index is 13.9. The van der Waals surface area contributed by atoms with Gasteiger partial charge in [0.1, 0.15) is 18.1 Å². The minimum Gasteiger partial charge on any atom is -0.480 e. The molecule has 3 aromatic carbocycles. The molecule has 0 aromatic heterocycles. The lowest BCUT2D eigenvalue weighted by Gasteiger charge is -2.29. The number of carbonyl (C=O) groups excluding carboxylic acids is 6. The predicted molar refractivity (Wildman–Crippen MR) is 267 cm³/mol. The first-order chi connectivity index (χ1) is 33.9. The third-order valence-corrected chi connectivity index (χ3v) is 13.6. The molecule has 1 fully saturated rings. The Labute approximate surface area is 416 Å². The molecule has 21 heteroatoms. The van der Waals surface area contributed by atoms with Gasteiger partial charge < -0.3 is 51.4 Å². The molecule has 20 nitrogen and oxygen atoms in total. The number of likely N-dealkylation sites (N-methyl/N-ethyl adjacent to an activating group) is 1. The molecule has 0 radical (unpaired) electrons. The minimum absolute atomic E-state index is 0.00728. The fourth-order valence-corrected chi connectivity index (χ4v) is 9.47. The van der Waals surface area contributed by atoms with Crippen molar-refractivity contribution in [1.82, 2.24) is 30.5 Å². The second kappa shape index (κ2) is 29.1. The van der Waals surface area contributed by atoms with Crippen LogP contribution in [0.4, 0.5) is 16.2 Å². The van der Waals surface area contributed by atoms with Gasteiger partial charge in [-0.1, -0.05) is 68.8 Å². The Morgan fingerprint density at radius 1 is 0.817 bits per heavy atom. The first-order valence-electron chi connectivity index (χ1n) is 23.9. The number of rotatable bonds is 29. The van der Waals surface area contributed by atoms with Crippen LogP contribution >= 0.6 is 0 Å². The van der Waals surface area contributed by atoms with E-state index >= 15 is 0 Å². The first-order valence-corrected chi connectivity index (χ1v) is 25.3. The molecule has 0 aliphatic carbocycles. The van der Waals surface area contributed by atoms with Gasteiger partial charge in [-0.2, -0.15) is 4.31 Å². The van der Waals surface area contributed by atoms with Crippen LogP contribution in [0.15, 0.2) is 83.8 Å². The molecule has 0 spiro atoms. The largest absolute Gasteiger partial charge is 0.480 e. The lowest BCUT2D eigenvalue weighted by molar-refractivity contribution is -0.142. The van der Waals surface area contributed by atoms with E-state index < -0.39 is 58.0 Å². The van der Waals surface area contributed by atoms with E-state index in [4.69, 9.17) is 9.47 Å². The first kappa shape index (κ1) is 57.2. The fraction of sp³-hybridized carbons (Fsp3) is 0.500. The number of aryl methyl sites for hydroxylation is 1. The SMILES string of the molecule is COCCOCCC(=O)NCCCCCC(=O)N[C@@H]1C[C@@H](C(=O)N[C@@H](CCNC(=O)[C@H](CC(C)C)N(C)C(=O)Cc2ccc(NC(=O)Nc3ccccc3C)cc2)C(=O)O)N(S(=O)(=O)c2ccccc2)C1. The summed E-state index contributed by atoms with van der Waals surface area (Å²) >= 11 is 0. The fourth-order valence-electron chi connectivity index (χ4n) is 7.80. The molecule has 1 aliphatic rings. The van der Waals surface area contributed by atoms with Gasteiger partial charge in [0.05, 0.1) is 31.1 Å². The van der Waals surface area contributed by atoms with E-state index in [-0.39, 0.29) is 80.3 Å². The van der Waals surface area contributed by atoms with Crippen LogP contribution in [-0.2, 0) is 54.7 Å². The van der Waals surface area contributed by atoms with Crippen LogP contribution in [-0.4, -0.2) is 142 Å². The van der Waals surface area contributed by atoms with Gasteiger partial charge >= 0.3 is 12.0 Å². The average Bonchev–Trinajstić information content (AvgIpc) is 3.77. The van der Waals surface area contributed by atoms with E-state index in [0.717, 1.165) is 9.87 Å².